The molecule has 0 aliphatic rings. The van der Waals surface area contributed by atoms with Crippen LogP contribution in [0.3, 0.4) is 0 Å². The largest absolute Gasteiger partial charge is 0.338 e. The molecule has 0 atom stereocenters. The summed E-state index contributed by atoms with van der Waals surface area (Å²) in [6, 6.07) is 18.0. The molecule has 0 aliphatic heterocycles. The molecule has 0 fully saturated rings. The van der Waals surface area contributed by atoms with Gasteiger partial charge >= 0.3 is 117 Å². The SMILES string of the molecule is CC(/C=C(/C)[N-]c1c(C(C)C)cccc1C(C)C)=Nc1c(C(C)C)cccc1C(C)C.CC(C)c1cc(C(C)C)c([P]=[V+2])c(C(C)C)c1.[CH2-]C(C)(C)C. The summed E-state index contributed by atoms with van der Waals surface area (Å²) < 4.78 is 0. The van der Waals surface area contributed by atoms with E-state index in [1.807, 2.05) is 0 Å². The molecule has 2 nitrogen and oxygen atoms in total. The second-order valence-electron chi connectivity index (χ2n) is 18.0. The van der Waals surface area contributed by atoms with Gasteiger partial charge in [-0.15, -0.1) is 5.69 Å². The van der Waals surface area contributed by atoms with Gasteiger partial charge in [0, 0.05) is 5.71 Å². The average molecular weight is 774 g/mol. The topological polar surface area (TPSA) is 26.5 Å². The van der Waals surface area contributed by atoms with Crippen molar-refractivity contribution in [1.82, 2.24) is 0 Å². The summed E-state index contributed by atoms with van der Waals surface area (Å²) in [6.45, 7) is 47.1. The Kier molecular flexibility index (Phi) is 20.6. The predicted octanol–water partition coefficient (Wildman–Crippen LogP) is 16.8. The van der Waals surface area contributed by atoms with E-state index in [1.54, 1.807) is 0 Å². The van der Waals surface area contributed by atoms with E-state index < -0.39 is 0 Å². The molecule has 53 heavy (non-hydrogen) atoms. The molecule has 0 radical (unpaired) electrons. The van der Waals surface area contributed by atoms with Crippen molar-refractivity contribution in [3.8, 4) is 0 Å². The number of para-hydroxylation sites is 2. The minimum absolute atomic E-state index is 0.250. The molecule has 3 aromatic carbocycles. The Hall–Kier alpha value is -2.25. The van der Waals surface area contributed by atoms with E-state index in [4.69, 9.17) is 10.3 Å². The van der Waals surface area contributed by atoms with E-state index in [1.165, 1.54) is 50.8 Å². The van der Waals surface area contributed by atoms with Crippen LogP contribution in [-0.4, -0.2) is 5.71 Å². The number of rotatable bonds is 12. The van der Waals surface area contributed by atoms with Gasteiger partial charge < -0.3 is 12.2 Å². The zero-order chi connectivity index (χ0) is 41.0. The van der Waals surface area contributed by atoms with E-state index >= 15 is 0 Å². The van der Waals surface area contributed by atoms with Gasteiger partial charge in [0.25, 0.3) is 0 Å². The van der Waals surface area contributed by atoms with Crippen molar-refractivity contribution in [2.45, 2.75) is 173 Å². The molecule has 0 aromatic heterocycles. The van der Waals surface area contributed by atoms with Crippen molar-refractivity contribution in [2.75, 3.05) is 0 Å². The van der Waals surface area contributed by atoms with E-state index in [0.29, 0.717) is 41.4 Å². The first-order valence-corrected chi connectivity index (χ1v) is 22.7. The van der Waals surface area contributed by atoms with Gasteiger partial charge in [-0.05, 0) is 41.7 Å². The van der Waals surface area contributed by atoms with E-state index in [0.717, 1.165) is 22.8 Å². The van der Waals surface area contributed by atoms with Crippen LogP contribution in [0.2, 0.25) is 0 Å². The van der Waals surface area contributed by atoms with Crippen molar-refractivity contribution in [2.24, 2.45) is 10.4 Å². The summed E-state index contributed by atoms with van der Waals surface area (Å²) in [5.41, 5.74) is 14.2. The number of benzene rings is 3. The van der Waals surface area contributed by atoms with Gasteiger partial charge in [-0.2, -0.15) is 11.1 Å². The fraction of sp³-hybridized carbons (Fsp3) is 0.551. The standard InChI is InChI=1S/C29H41N2.C15H23P.C5H11.V/c1-18(2)24-13-11-14-25(19(3)4)28(24)30-22(9)17-23(10)31-29-26(20(5)6)15-12-16-27(29)21(7)8;1-9(2)12-7-13(10(3)4)15(16)14(8-12)11(5)6;1-5(2,3)4;/h11-21H,1-10H3;7-11H,1-6H3;1H2,2-4H3;/q-1;;-1;+2/b22-17-,31-23?;;;. The normalized spacial score (nSPS) is 12.7. The molecule has 0 unspecified atom stereocenters. The van der Waals surface area contributed by atoms with Crippen molar-refractivity contribution in [3.05, 3.63) is 111 Å². The molecule has 3 aromatic rings. The number of nitrogens with zero attached hydrogens (tertiary/aromatic N) is 2. The summed E-state index contributed by atoms with van der Waals surface area (Å²) in [5, 5.41) is 6.61. The maximum atomic E-state index is 5.08. The first-order chi connectivity index (χ1) is 24.4. The van der Waals surface area contributed by atoms with E-state index in [2.05, 4.69) is 210 Å². The molecule has 3 rings (SSSR count). The Labute approximate surface area is 338 Å². The van der Waals surface area contributed by atoms with Gasteiger partial charge in [0.15, 0.2) is 0 Å². The van der Waals surface area contributed by atoms with Gasteiger partial charge in [-0.3, -0.25) is 4.99 Å². The quantitative estimate of drug-likeness (QED) is 0.0996. The molecule has 0 saturated heterocycles. The minimum atomic E-state index is 0.250. The Bertz CT molecular complexity index is 1570. The van der Waals surface area contributed by atoms with Crippen LogP contribution in [-0.2, 0) is 16.5 Å². The first-order valence-electron chi connectivity index (χ1n) is 20.0. The van der Waals surface area contributed by atoms with Gasteiger partial charge in [-0.25, -0.2) is 0 Å². The number of hydrogen-bond acceptors (Lipinski definition) is 1. The van der Waals surface area contributed by atoms with Crippen LogP contribution in [0.1, 0.15) is 212 Å². The predicted molar refractivity (Wildman–Crippen MR) is 239 cm³/mol. The van der Waals surface area contributed by atoms with Crippen LogP contribution in [0, 0.1) is 12.3 Å². The third kappa shape index (κ3) is 16.2. The van der Waals surface area contributed by atoms with E-state index in [-0.39, 0.29) is 5.41 Å². The molecule has 0 N–H and O–H groups in total. The molecule has 0 saturated carbocycles. The molecule has 291 valence electrons. The van der Waals surface area contributed by atoms with Crippen molar-refractivity contribution in [1.29, 1.82) is 0 Å². The maximum Gasteiger partial charge on any atom is -0.0878 e. The maximum absolute atomic E-state index is 5.08. The Balaban J connectivity index is 0.000000533. The second-order valence-corrected chi connectivity index (χ2v) is 19.6. The smallest absolute Gasteiger partial charge is 0.0878 e. The molecular weight excluding hydrogens is 698 g/mol. The Morgan fingerprint density at radius 3 is 1.26 bits per heavy atom. The molecule has 0 amide bonds. The number of hydrogen-bond donors (Lipinski definition) is 0. The van der Waals surface area contributed by atoms with Crippen LogP contribution in [0.4, 0.5) is 11.4 Å². The fourth-order valence-corrected chi connectivity index (χ4v) is 7.99. The van der Waals surface area contributed by atoms with Crippen molar-refractivity contribution >= 4 is 29.0 Å². The summed E-state index contributed by atoms with van der Waals surface area (Å²) in [4.78, 5) is 5.08. The molecular formula is C49H75N2PV. The van der Waals surface area contributed by atoms with Gasteiger partial charge in [-0.1, -0.05) is 137 Å². The van der Waals surface area contributed by atoms with Gasteiger partial charge in [0.1, 0.15) is 0 Å². The van der Waals surface area contributed by atoms with Crippen molar-refractivity contribution in [3.63, 3.8) is 0 Å². The van der Waals surface area contributed by atoms with Crippen molar-refractivity contribution < 1.29 is 16.5 Å². The molecule has 0 bridgehead atoms. The average Bonchev–Trinajstić information content (AvgIpc) is 3.02. The Morgan fingerprint density at radius 2 is 0.962 bits per heavy atom. The third-order valence-corrected chi connectivity index (χ3v) is 10.5. The zero-order valence-electron chi connectivity index (χ0n) is 37.2. The zero-order valence-corrected chi connectivity index (χ0v) is 39.5. The summed E-state index contributed by atoms with van der Waals surface area (Å²) in [6.07, 6.45) is 2.11. The van der Waals surface area contributed by atoms with Crippen LogP contribution < -0.4 is 5.30 Å². The third-order valence-electron chi connectivity index (χ3n) is 8.88. The summed E-state index contributed by atoms with van der Waals surface area (Å²) in [7, 11) is 0. The minimum Gasteiger partial charge on any atom is -0.338 e. The molecule has 0 aliphatic carbocycles. The first kappa shape index (κ1) is 48.8. The van der Waals surface area contributed by atoms with Crippen LogP contribution >= 0.6 is 6.60 Å². The van der Waals surface area contributed by atoms with Crippen LogP contribution in [0.15, 0.2) is 65.3 Å². The molecule has 4 heteroatoms. The number of aliphatic imine (C=N–C) groups is 1. The monoisotopic (exact) mass is 774 g/mol. The van der Waals surface area contributed by atoms with Gasteiger partial charge in [0.05, 0.1) is 5.69 Å². The summed E-state index contributed by atoms with van der Waals surface area (Å²) in [5.74, 6) is 3.58. The summed E-state index contributed by atoms with van der Waals surface area (Å²) >= 11 is 2.71. The Morgan fingerprint density at radius 1 is 0.623 bits per heavy atom. The fourth-order valence-electron chi connectivity index (χ4n) is 6.03. The molecule has 0 spiro atoms. The van der Waals surface area contributed by atoms with Gasteiger partial charge in [0.2, 0.25) is 0 Å². The van der Waals surface area contributed by atoms with E-state index in [9.17, 15) is 0 Å². The van der Waals surface area contributed by atoms with Crippen LogP contribution in [0.5, 0.6) is 0 Å². The van der Waals surface area contributed by atoms with Crippen LogP contribution in [0.25, 0.3) is 5.32 Å². The second kappa shape index (κ2) is 22.3. The number of allylic oxidation sites excluding steroid dienone is 2. The molecule has 0 heterocycles.